The fourth-order valence-electron chi connectivity index (χ4n) is 3.90. The first-order chi connectivity index (χ1) is 16.2. The molecule has 1 aliphatic rings. The number of nitrogens with zero attached hydrogens (tertiary/aromatic N) is 2. The summed E-state index contributed by atoms with van der Waals surface area (Å²) in [6.45, 7) is 3.12. The van der Waals surface area contributed by atoms with E-state index in [-0.39, 0.29) is 30.6 Å². The second kappa shape index (κ2) is 9.01. The SMILES string of the molecule is Cn1nc(C(=O)NCC(C)(C)C(=O)O)cc1NC(=O)OCC1c2ccccc2-c2ccccc21. The van der Waals surface area contributed by atoms with Crippen LogP contribution < -0.4 is 10.6 Å². The molecule has 0 atom stereocenters. The summed E-state index contributed by atoms with van der Waals surface area (Å²) < 4.78 is 6.88. The number of anilines is 1. The molecule has 0 unspecified atom stereocenters. The maximum atomic E-state index is 12.5. The van der Waals surface area contributed by atoms with Crippen LogP contribution in [0.1, 0.15) is 41.4 Å². The van der Waals surface area contributed by atoms with Crippen LogP contribution in [0.15, 0.2) is 54.6 Å². The van der Waals surface area contributed by atoms with Gasteiger partial charge in [-0.05, 0) is 36.1 Å². The quantitative estimate of drug-likeness (QED) is 0.493. The van der Waals surface area contributed by atoms with Gasteiger partial charge in [0.1, 0.15) is 12.4 Å². The smallest absolute Gasteiger partial charge is 0.412 e. The summed E-state index contributed by atoms with van der Waals surface area (Å²) in [5.74, 6) is -1.35. The van der Waals surface area contributed by atoms with Crippen molar-refractivity contribution in [1.82, 2.24) is 15.1 Å². The van der Waals surface area contributed by atoms with Crippen molar-refractivity contribution in [3.05, 3.63) is 71.4 Å². The van der Waals surface area contributed by atoms with E-state index in [4.69, 9.17) is 4.74 Å². The minimum atomic E-state index is -1.12. The van der Waals surface area contributed by atoms with E-state index in [0.717, 1.165) is 22.3 Å². The van der Waals surface area contributed by atoms with Crippen molar-refractivity contribution in [3.8, 4) is 11.1 Å². The molecular weight excluding hydrogens is 436 g/mol. The van der Waals surface area contributed by atoms with Crippen LogP contribution in [-0.4, -0.2) is 46.0 Å². The molecule has 0 bridgehead atoms. The monoisotopic (exact) mass is 462 g/mol. The molecule has 0 spiro atoms. The second-order valence-corrected chi connectivity index (χ2v) is 8.86. The average Bonchev–Trinajstić information content (AvgIpc) is 3.34. The number of carbonyl (C=O) groups excluding carboxylic acids is 2. The number of aromatic nitrogens is 2. The van der Waals surface area contributed by atoms with Gasteiger partial charge in [0, 0.05) is 25.6 Å². The third-order valence-electron chi connectivity index (χ3n) is 5.96. The molecule has 0 saturated heterocycles. The largest absolute Gasteiger partial charge is 0.481 e. The zero-order valence-electron chi connectivity index (χ0n) is 19.2. The molecular formula is C25H26N4O5. The van der Waals surface area contributed by atoms with E-state index in [1.807, 2.05) is 36.4 Å². The summed E-state index contributed by atoms with van der Waals surface area (Å²) in [5.41, 5.74) is 3.44. The van der Waals surface area contributed by atoms with Crippen molar-refractivity contribution < 1.29 is 24.2 Å². The minimum Gasteiger partial charge on any atom is -0.481 e. The molecule has 0 fully saturated rings. The van der Waals surface area contributed by atoms with Crippen molar-refractivity contribution in [2.45, 2.75) is 19.8 Å². The van der Waals surface area contributed by atoms with Crippen LogP contribution in [0.3, 0.4) is 0 Å². The molecule has 1 aromatic heterocycles. The Labute approximate surface area is 196 Å². The van der Waals surface area contributed by atoms with E-state index >= 15 is 0 Å². The van der Waals surface area contributed by atoms with E-state index in [9.17, 15) is 19.5 Å². The Bertz CT molecular complexity index is 1220. The zero-order chi connectivity index (χ0) is 24.5. The first-order valence-corrected chi connectivity index (χ1v) is 10.8. The molecule has 3 aromatic rings. The van der Waals surface area contributed by atoms with Crippen LogP contribution in [0.4, 0.5) is 10.6 Å². The fraction of sp³-hybridized carbons (Fsp3) is 0.280. The molecule has 3 N–H and O–H groups in total. The topological polar surface area (TPSA) is 123 Å². The highest BCUT2D eigenvalue weighted by Gasteiger charge is 2.30. The van der Waals surface area contributed by atoms with Crippen molar-refractivity contribution in [2.75, 3.05) is 18.5 Å². The number of aryl methyl sites for hydroxylation is 1. The second-order valence-electron chi connectivity index (χ2n) is 8.86. The third-order valence-corrected chi connectivity index (χ3v) is 5.96. The van der Waals surface area contributed by atoms with Gasteiger partial charge < -0.3 is 15.2 Å². The van der Waals surface area contributed by atoms with E-state index in [1.165, 1.54) is 24.6 Å². The lowest BCUT2D eigenvalue weighted by atomic mass is 9.94. The van der Waals surface area contributed by atoms with Crippen LogP contribution in [-0.2, 0) is 16.6 Å². The number of hydrogen-bond acceptors (Lipinski definition) is 5. The summed E-state index contributed by atoms with van der Waals surface area (Å²) in [4.78, 5) is 36.1. The lowest BCUT2D eigenvalue weighted by molar-refractivity contribution is -0.146. The van der Waals surface area contributed by atoms with Gasteiger partial charge in [0.2, 0.25) is 0 Å². The number of ether oxygens (including phenoxy) is 1. The third kappa shape index (κ3) is 4.50. The molecule has 34 heavy (non-hydrogen) atoms. The Hall–Kier alpha value is -4.14. The van der Waals surface area contributed by atoms with E-state index in [0.29, 0.717) is 0 Å². The van der Waals surface area contributed by atoms with E-state index in [2.05, 4.69) is 27.9 Å². The molecule has 2 amide bonds. The molecule has 9 nitrogen and oxygen atoms in total. The van der Waals surface area contributed by atoms with Gasteiger partial charge in [0.05, 0.1) is 5.41 Å². The highest BCUT2D eigenvalue weighted by atomic mass is 16.5. The Morgan fingerprint density at radius 2 is 1.65 bits per heavy atom. The lowest BCUT2D eigenvalue weighted by Gasteiger charge is -2.18. The number of rotatable bonds is 7. The normalized spacial score (nSPS) is 12.6. The molecule has 0 radical (unpaired) electrons. The van der Waals surface area contributed by atoms with Crippen molar-refractivity contribution in [2.24, 2.45) is 12.5 Å². The van der Waals surface area contributed by atoms with Crippen LogP contribution in [0.25, 0.3) is 11.1 Å². The number of nitrogens with one attached hydrogen (secondary N) is 2. The highest BCUT2D eigenvalue weighted by Crippen LogP contribution is 2.44. The first kappa shape index (κ1) is 23.0. The summed E-state index contributed by atoms with van der Waals surface area (Å²) in [6, 6.07) is 17.5. The standard InChI is InChI=1S/C25H26N4O5/c1-25(2,23(31)32)14-26-22(30)20-12-21(29(3)28-20)27-24(33)34-13-19-17-10-6-4-8-15(17)16-9-5-7-11-18(16)19/h4-12,19H,13-14H2,1-3H3,(H,26,30)(H,27,33)(H,31,32). The predicted molar refractivity (Wildman–Crippen MR) is 126 cm³/mol. The van der Waals surface area contributed by atoms with Crippen LogP contribution in [0.2, 0.25) is 0 Å². The van der Waals surface area contributed by atoms with E-state index < -0.39 is 23.4 Å². The minimum absolute atomic E-state index is 0.0534. The first-order valence-electron chi connectivity index (χ1n) is 10.8. The highest BCUT2D eigenvalue weighted by molar-refractivity contribution is 5.94. The molecule has 0 saturated carbocycles. The number of carbonyl (C=O) groups is 3. The number of amides is 2. The van der Waals surface area contributed by atoms with Gasteiger partial charge in [-0.2, -0.15) is 5.10 Å². The molecule has 176 valence electrons. The zero-order valence-corrected chi connectivity index (χ0v) is 19.2. The Balaban J connectivity index is 1.39. The van der Waals surface area contributed by atoms with Gasteiger partial charge >= 0.3 is 12.1 Å². The Kier molecular flexibility index (Phi) is 6.10. The van der Waals surface area contributed by atoms with Gasteiger partial charge in [0.25, 0.3) is 5.91 Å². The molecule has 1 aliphatic carbocycles. The van der Waals surface area contributed by atoms with E-state index in [1.54, 1.807) is 7.05 Å². The molecule has 0 aliphatic heterocycles. The maximum absolute atomic E-state index is 12.5. The van der Waals surface area contributed by atoms with Crippen molar-refractivity contribution in [3.63, 3.8) is 0 Å². The van der Waals surface area contributed by atoms with Gasteiger partial charge in [-0.3, -0.25) is 19.6 Å². The van der Waals surface area contributed by atoms with Crippen LogP contribution in [0.5, 0.6) is 0 Å². The predicted octanol–water partition coefficient (Wildman–Crippen LogP) is 3.62. The molecule has 9 heteroatoms. The lowest BCUT2D eigenvalue weighted by Crippen LogP contribution is -2.39. The van der Waals surface area contributed by atoms with Crippen molar-refractivity contribution in [1.29, 1.82) is 0 Å². The van der Waals surface area contributed by atoms with Gasteiger partial charge in [0.15, 0.2) is 5.69 Å². The molecule has 4 rings (SSSR count). The summed E-state index contributed by atoms with van der Waals surface area (Å²) in [5, 5.41) is 18.4. The Morgan fingerprint density at radius 3 is 2.24 bits per heavy atom. The maximum Gasteiger partial charge on any atom is 0.412 e. The Morgan fingerprint density at radius 1 is 1.06 bits per heavy atom. The number of carboxylic acid groups (broad SMARTS) is 1. The molecule has 1 heterocycles. The van der Waals surface area contributed by atoms with Crippen LogP contribution in [0, 0.1) is 5.41 Å². The van der Waals surface area contributed by atoms with Crippen molar-refractivity contribution >= 4 is 23.8 Å². The van der Waals surface area contributed by atoms with Gasteiger partial charge in [-0.15, -0.1) is 0 Å². The number of benzene rings is 2. The summed E-state index contributed by atoms with van der Waals surface area (Å²) in [6.07, 6.45) is -0.663. The number of aliphatic carboxylic acids is 1. The summed E-state index contributed by atoms with van der Waals surface area (Å²) >= 11 is 0. The number of hydrogen-bond donors (Lipinski definition) is 3. The van der Waals surface area contributed by atoms with Gasteiger partial charge in [-0.1, -0.05) is 48.5 Å². The molecule has 2 aromatic carbocycles. The van der Waals surface area contributed by atoms with Gasteiger partial charge in [-0.25, -0.2) is 4.79 Å². The number of fused-ring (bicyclic) bond motifs is 3. The average molecular weight is 463 g/mol. The summed E-state index contributed by atoms with van der Waals surface area (Å²) in [7, 11) is 1.58. The van der Waals surface area contributed by atoms with Crippen LogP contribution >= 0.6 is 0 Å². The fourth-order valence-corrected chi connectivity index (χ4v) is 3.90. The number of carboxylic acids is 1.